The van der Waals surface area contributed by atoms with Gasteiger partial charge >= 0.3 is 0 Å². The quantitative estimate of drug-likeness (QED) is 0.562. The van der Waals surface area contributed by atoms with Crippen molar-refractivity contribution < 1.29 is 4.79 Å². The van der Waals surface area contributed by atoms with Crippen molar-refractivity contribution in [1.82, 2.24) is 0 Å². The Labute approximate surface area is 53.1 Å². The number of nitrogens with two attached hydrogens (primary N) is 1. The van der Waals surface area contributed by atoms with Gasteiger partial charge in [0.05, 0.1) is 5.03 Å². The molecule has 46 valence electrons. The van der Waals surface area contributed by atoms with Crippen LogP contribution >= 0.6 is 11.8 Å². The van der Waals surface area contributed by atoms with Gasteiger partial charge in [0, 0.05) is 6.08 Å². The van der Waals surface area contributed by atoms with Crippen molar-refractivity contribution in [2.24, 2.45) is 5.73 Å². The van der Waals surface area contributed by atoms with Gasteiger partial charge in [-0.3, -0.25) is 4.79 Å². The maximum Gasteiger partial charge on any atom is 0.155 e. The van der Waals surface area contributed by atoms with E-state index in [0.29, 0.717) is 5.03 Å². The van der Waals surface area contributed by atoms with Crippen molar-refractivity contribution in [2.75, 3.05) is 6.26 Å². The van der Waals surface area contributed by atoms with Gasteiger partial charge in [0.2, 0.25) is 0 Å². The van der Waals surface area contributed by atoms with Gasteiger partial charge in [-0.25, -0.2) is 0 Å². The molecule has 0 amide bonds. The Bertz CT molecular complexity index is 120. The number of hydrogen-bond acceptors (Lipinski definition) is 3. The first kappa shape index (κ1) is 7.56. The van der Waals surface area contributed by atoms with Gasteiger partial charge in [-0.1, -0.05) is 0 Å². The molecule has 0 aliphatic heterocycles. The Balaban J connectivity index is 3.75. The van der Waals surface area contributed by atoms with Crippen LogP contribution in [0, 0.1) is 0 Å². The Morgan fingerprint density at radius 2 is 2.25 bits per heavy atom. The molecule has 0 atom stereocenters. The van der Waals surface area contributed by atoms with Crippen molar-refractivity contribution in [1.29, 1.82) is 0 Å². The van der Waals surface area contributed by atoms with Gasteiger partial charge in [0.1, 0.15) is 0 Å². The van der Waals surface area contributed by atoms with Gasteiger partial charge in [0.25, 0.3) is 0 Å². The Morgan fingerprint density at radius 3 is 2.38 bits per heavy atom. The summed E-state index contributed by atoms with van der Waals surface area (Å²) in [4.78, 5) is 10.2. The van der Waals surface area contributed by atoms with Crippen molar-refractivity contribution in [3.05, 3.63) is 11.1 Å². The molecule has 3 heteroatoms. The summed E-state index contributed by atoms with van der Waals surface area (Å²) in [6, 6.07) is 0. The van der Waals surface area contributed by atoms with E-state index in [0.717, 1.165) is 0 Å². The lowest BCUT2D eigenvalue weighted by Gasteiger charge is -1.88. The minimum atomic E-state index is -0.00292. The number of carbonyl (C=O) groups excluding carboxylic acids is 1. The lowest BCUT2D eigenvalue weighted by atomic mass is 10.4. The molecule has 0 aromatic rings. The minimum absolute atomic E-state index is 0.00292. The summed E-state index contributed by atoms with van der Waals surface area (Å²) in [7, 11) is 0. The molecule has 0 aromatic heterocycles. The summed E-state index contributed by atoms with van der Waals surface area (Å²) in [5.41, 5.74) is 5.28. The standard InChI is InChI=1S/C5H9NOS/c1-4(7)3-5(6)8-2/h3H,6H2,1-2H3/b5-3-. The lowest BCUT2D eigenvalue weighted by Crippen LogP contribution is -1.94. The molecule has 0 unspecified atom stereocenters. The third-order valence-electron chi connectivity index (χ3n) is 0.581. The molecule has 0 aromatic carbocycles. The molecule has 2 N–H and O–H groups in total. The molecule has 0 heterocycles. The van der Waals surface area contributed by atoms with Crippen LogP contribution in [0.1, 0.15) is 6.92 Å². The third-order valence-corrected chi connectivity index (χ3v) is 1.17. The van der Waals surface area contributed by atoms with Crippen LogP contribution < -0.4 is 5.73 Å². The molecule has 0 aliphatic carbocycles. The van der Waals surface area contributed by atoms with Gasteiger partial charge in [-0.2, -0.15) is 0 Å². The largest absolute Gasteiger partial charge is 0.393 e. The van der Waals surface area contributed by atoms with Crippen LogP contribution in [-0.4, -0.2) is 12.0 Å². The first-order valence-electron chi connectivity index (χ1n) is 2.18. The van der Waals surface area contributed by atoms with Gasteiger partial charge in [-0.05, 0) is 13.2 Å². The van der Waals surface area contributed by atoms with Crippen molar-refractivity contribution in [2.45, 2.75) is 6.92 Å². The zero-order chi connectivity index (χ0) is 6.57. The molecule has 8 heavy (non-hydrogen) atoms. The molecule has 0 spiro atoms. The second-order valence-electron chi connectivity index (χ2n) is 1.36. The monoisotopic (exact) mass is 131 g/mol. The van der Waals surface area contributed by atoms with E-state index >= 15 is 0 Å². The molecule has 0 bridgehead atoms. The number of hydrogen-bond donors (Lipinski definition) is 1. The number of thioether (sulfide) groups is 1. The Kier molecular flexibility index (Phi) is 3.35. The summed E-state index contributed by atoms with van der Waals surface area (Å²) in [6.45, 7) is 1.48. The van der Waals surface area contributed by atoms with Crippen LogP contribution in [0.5, 0.6) is 0 Å². The summed E-state index contributed by atoms with van der Waals surface area (Å²) < 4.78 is 0. The second kappa shape index (κ2) is 3.55. The first-order valence-corrected chi connectivity index (χ1v) is 3.41. The van der Waals surface area contributed by atoms with E-state index in [9.17, 15) is 4.79 Å². The molecule has 2 nitrogen and oxygen atoms in total. The average Bonchev–Trinajstić information content (AvgIpc) is 1.65. The van der Waals surface area contributed by atoms with E-state index in [1.54, 1.807) is 0 Å². The van der Waals surface area contributed by atoms with Crippen LogP contribution in [0.4, 0.5) is 0 Å². The lowest BCUT2D eigenvalue weighted by molar-refractivity contribution is -0.112. The molecule has 0 saturated carbocycles. The van der Waals surface area contributed by atoms with Gasteiger partial charge in [0.15, 0.2) is 5.78 Å². The predicted octanol–water partition coefficient (Wildman–Crippen LogP) is 0.739. The summed E-state index contributed by atoms with van der Waals surface area (Å²) in [5.74, 6) is -0.00292. The average molecular weight is 131 g/mol. The number of carbonyl (C=O) groups is 1. The molecule has 0 fully saturated rings. The number of allylic oxidation sites excluding steroid dienone is 1. The van der Waals surface area contributed by atoms with Crippen molar-refractivity contribution in [3.63, 3.8) is 0 Å². The van der Waals surface area contributed by atoms with Crippen LogP contribution in [0.3, 0.4) is 0 Å². The van der Waals surface area contributed by atoms with Gasteiger partial charge in [-0.15, -0.1) is 11.8 Å². The Morgan fingerprint density at radius 1 is 1.75 bits per heavy atom. The minimum Gasteiger partial charge on any atom is -0.393 e. The number of rotatable bonds is 2. The fourth-order valence-electron chi connectivity index (χ4n) is 0.259. The fraction of sp³-hybridized carbons (Fsp3) is 0.400. The maximum absolute atomic E-state index is 10.2. The zero-order valence-electron chi connectivity index (χ0n) is 4.97. The van der Waals surface area contributed by atoms with E-state index < -0.39 is 0 Å². The SMILES string of the molecule is CS/C(N)=C\C(C)=O. The molecule has 0 radical (unpaired) electrons. The zero-order valence-corrected chi connectivity index (χ0v) is 5.79. The van der Waals surface area contributed by atoms with E-state index in [-0.39, 0.29) is 5.78 Å². The third kappa shape index (κ3) is 3.74. The molecule has 0 aliphatic rings. The highest BCUT2D eigenvalue weighted by Gasteiger charge is 1.86. The second-order valence-corrected chi connectivity index (χ2v) is 2.24. The molecule has 0 rings (SSSR count). The molecule has 0 saturated heterocycles. The molecular weight excluding hydrogens is 122 g/mol. The van der Waals surface area contributed by atoms with E-state index in [4.69, 9.17) is 5.73 Å². The predicted molar refractivity (Wildman–Crippen MR) is 36.5 cm³/mol. The normalized spacial score (nSPS) is 11.5. The van der Waals surface area contributed by atoms with Crippen LogP contribution in [-0.2, 0) is 4.79 Å². The van der Waals surface area contributed by atoms with Crippen molar-refractivity contribution in [3.8, 4) is 0 Å². The first-order chi connectivity index (χ1) is 3.66. The van der Waals surface area contributed by atoms with Gasteiger partial charge < -0.3 is 5.73 Å². The van der Waals surface area contributed by atoms with E-state index in [2.05, 4.69) is 0 Å². The topological polar surface area (TPSA) is 43.1 Å². The van der Waals surface area contributed by atoms with Crippen molar-refractivity contribution >= 4 is 17.5 Å². The van der Waals surface area contributed by atoms with Crippen LogP contribution in [0.15, 0.2) is 11.1 Å². The highest BCUT2D eigenvalue weighted by atomic mass is 32.2. The van der Waals surface area contributed by atoms with E-state index in [1.165, 1.54) is 24.8 Å². The highest BCUT2D eigenvalue weighted by molar-refractivity contribution is 8.02. The number of ketones is 1. The highest BCUT2D eigenvalue weighted by Crippen LogP contribution is 2.01. The fourth-order valence-corrected chi connectivity index (χ4v) is 0.543. The van der Waals surface area contributed by atoms with E-state index in [1.807, 2.05) is 6.26 Å². The Hall–Kier alpha value is -0.440. The summed E-state index contributed by atoms with van der Waals surface area (Å²) >= 11 is 1.37. The van der Waals surface area contributed by atoms with Crippen LogP contribution in [0.25, 0.3) is 0 Å². The summed E-state index contributed by atoms with van der Waals surface area (Å²) in [6.07, 6.45) is 3.24. The summed E-state index contributed by atoms with van der Waals surface area (Å²) in [5, 5.41) is 0.567. The van der Waals surface area contributed by atoms with Crippen LogP contribution in [0.2, 0.25) is 0 Å². The maximum atomic E-state index is 10.2. The smallest absolute Gasteiger partial charge is 0.155 e. The molecular formula is C5H9NOS.